The highest BCUT2D eigenvalue weighted by Gasteiger charge is 2.09. The van der Waals surface area contributed by atoms with Crippen LogP contribution >= 0.6 is 0 Å². The van der Waals surface area contributed by atoms with E-state index in [9.17, 15) is 4.79 Å². The van der Waals surface area contributed by atoms with Crippen molar-refractivity contribution >= 4 is 5.97 Å². The molecule has 0 heterocycles. The van der Waals surface area contributed by atoms with E-state index in [1.165, 1.54) is 0 Å². The zero-order valence-electron chi connectivity index (χ0n) is 14.6. The minimum absolute atomic E-state index is 0.279. The van der Waals surface area contributed by atoms with E-state index < -0.39 is 0 Å². The fraction of sp³-hybridized carbons (Fsp3) is 0.286. The van der Waals surface area contributed by atoms with Crippen LogP contribution in [0.5, 0.6) is 0 Å². The molecule has 0 atom stereocenters. The average molecular weight is 322 g/mol. The van der Waals surface area contributed by atoms with Gasteiger partial charge >= 0.3 is 5.97 Å². The van der Waals surface area contributed by atoms with Gasteiger partial charge in [-0.15, -0.1) is 0 Å². The van der Waals surface area contributed by atoms with Crippen LogP contribution in [-0.2, 0) is 4.74 Å². The van der Waals surface area contributed by atoms with Crippen molar-refractivity contribution in [2.75, 3.05) is 34.3 Å². The first-order chi connectivity index (χ1) is 11.4. The summed E-state index contributed by atoms with van der Waals surface area (Å²) in [5.41, 5.74) is 2.41. The van der Waals surface area contributed by atoms with Crippen LogP contribution in [0.25, 0.3) is 0 Å². The lowest BCUT2D eigenvalue weighted by Crippen LogP contribution is -2.35. The molecule has 3 heteroatoms. The van der Waals surface area contributed by atoms with Crippen molar-refractivity contribution in [3.8, 4) is 11.8 Å². The van der Waals surface area contributed by atoms with Crippen molar-refractivity contribution in [1.29, 1.82) is 0 Å². The van der Waals surface area contributed by atoms with Gasteiger partial charge in [0.05, 0.1) is 39.9 Å². The SMILES string of the molecule is C[N+](C)(C)CCCOC(=O)c1ccc(C#Cc2ccccc2)cc1. The largest absolute Gasteiger partial charge is 0.462 e. The van der Waals surface area contributed by atoms with Gasteiger partial charge in [-0.2, -0.15) is 0 Å². The monoisotopic (exact) mass is 322 g/mol. The second-order valence-electron chi connectivity index (χ2n) is 6.70. The summed E-state index contributed by atoms with van der Waals surface area (Å²) in [6, 6.07) is 17.0. The molecule has 0 spiro atoms. The molecule has 0 aromatic heterocycles. The van der Waals surface area contributed by atoms with Crippen LogP contribution < -0.4 is 0 Å². The molecular formula is C21H24NO2+. The predicted octanol–water partition coefficient (Wildman–Crippen LogP) is 3.34. The van der Waals surface area contributed by atoms with E-state index in [0.29, 0.717) is 12.2 Å². The van der Waals surface area contributed by atoms with Crippen molar-refractivity contribution in [1.82, 2.24) is 0 Å². The Bertz CT molecular complexity index is 716. The zero-order valence-corrected chi connectivity index (χ0v) is 14.6. The molecule has 0 bridgehead atoms. The van der Waals surface area contributed by atoms with Crippen LogP contribution in [0.3, 0.4) is 0 Å². The minimum Gasteiger partial charge on any atom is -0.462 e. The third kappa shape index (κ3) is 6.28. The van der Waals surface area contributed by atoms with Crippen LogP contribution in [0.4, 0.5) is 0 Å². The summed E-state index contributed by atoms with van der Waals surface area (Å²) in [7, 11) is 6.37. The van der Waals surface area contributed by atoms with Crippen LogP contribution in [0.15, 0.2) is 54.6 Å². The molecule has 0 unspecified atom stereocenters. The lowest BCUT2D eigenvalue weighted by molar-refractivity contribution is -0.870. The Morgan fingerprint density at radius 2 is 1.50 bits per heavy atom. The van der Waals surface area contributed by atoms with Gasteiger partial charge in [0.25, 0.3) is 0 Å². The summed E-state index contributed by atoms with van der Waals surface area (Å²) < 4.78 is 6.18. The second kappa shape index (κ2) is 8.33. The lowest BCUT2D eigenvalue weighted by Gasteiger charge is -2.23. The van der Waals surface area contributed by atoms with Crippen molar-refractivity contribution in [3.05, 3.63) is 71.3 Å². The Labute approximate surface area is 144 Å². The van der Waals surface area contributed by atoms with E-state index >= 15 is 0 Å². The molecule has 2 aromatic carbocycles. The van der Waals surface area contributed by atoms with E-state index in [-0.39, 0.29) is 5.97 Å². The van der Waals surface area contributed by atoms with Gasteiger partial charge in [0.2, 0.25) is 0 Å². The van der Waals surface area contributed by atoms with Crippen molar-refractivity contribution in [3.63, 3.8) is 0 Å². The molecule has 2 aromatic rings. The van der Waals surface area contributed by atoms with Gasteiger partial charge in [0, 0.05) is 17.5 Å². The number of carbonyl (C=O) groups is 1. The lowest BCUT2D eigenvalue weighted by atomic mass is 10.1. The van der Waals surface area contributed by atoms with E-state index in [1.807, 2.05) is 42.5 Å². The highest BCUT2D eigenvalue weighted by atomic mass is 16.5. The molecule has 2 rings (SSSR count). The number of hydrogen-bond acceptors (Lipinski definition) is 2. The fourth-order valence-corrected chi connectivity index (χ4v) is 2.14. The number of hydrogen-bond donors (Lipinski definition) is 0. The molecule has 0 radical (unpaired) electrons. The third-order valence-corrected chi connectivity index (χ3v) is 3.45. The standard InChI is InChI=1S/C21H24NO2/c1-22(2,3)16-7-17-24-21(23)20-14-12-19(13-15-20)11-10-18-8-5-4-6-9-18/h4-6,8-9,12-15H,7,16-17H2,1-3H3/q+1. The normalized spacial score (nSPS) is 10.6. The molecule has 0 N–H and O–H groups in total. The zero-order chi connectivity index (χ0) is 17.4. The molecule has 24 heavy (non-hydrogen) atoms. The number of nitrogens with zero attached hydrogens (tertiary/aromatic N) is 1. The van der Waals surface area contributed by atoms with Crippen molar-refractivity contribution < 1.29 is 14.0 Å². The molecule has 0 aliphatic heterocycles. The van der Waals surface area contributed by atoms with Crippen molar-refractivity contribution in [2.24, 2.45) is 0 Å². The summed E-state index contributed by atoms with van der Waals surface area (Å²) in [4.78, 5) is 12.0. The maximum absolute atomic E-state index is 12.0. The first-order valence-corrected chi connectivity index (χ1v) is 8.09. The van der Waals surface area contributed by atoms with Crippen LogP contribution in [0, 0.1) is 11.8 Å². The Hall–Kier alpha value is -2.57. The van der Waals surface area contributed by atoms with Gasteiger partial charge in [-0.05, 0) is 36.4 Å². The molecule has 0 saturated carbocycles. The van der Waals surface area contributed by atoms with E-state index in [2.05, 4.69) is 33.0 Å². The van der Waals surface area contributed by atoms with Gasteiger partial charge in [-0.3, -0.25) is 0 Å². The average Bonchev–Trinajstić information content (AvgIpc) is 2.57. The highest BCUT2D eigenvalue weighted by molar-refractivity contribution is 5.89. The van der Waals surface area contributed by atoms with E-state index in [4.69, 9.17) is 4.74 Å². The van der Waals surface area contributed by atoms with Crippen molar-refractivity contribution in [2.45, 2.75) is 6.42 Å². The van der Waals surface area contributed by atoms with E-state index in [1.54, 1.807) is 12.1 Å². The highest BCUT2D eigenvalue weighted by Crippen LogP contribution is 2.06. The topological polar surface area (TPSA) is 26.3 Å². The molecule has 0 aliphatic carbocycles. The molecule has 3 nitrogen and oxygen atoms in total. The first kappa shape index (κ1) is 17.8. The Balaban J connectivity index is 1.87. The first-order valence-electron chi connectivity index (χ1n) is 8.09. The molecule has 0 saturated heterocycles. The maximum Gasteiger partial charge on any atom is 0.338 e. The quantitative estimate of drug-likeness (QED) is 0.365. The molecule has 0 amide bonds. The number of carbonyl (C=O) groups excluding carboxylic acids is 1. The van der Waals surface area contributed by atoms with Gasteiger partial charge in [0.15, 0.2) is 0 Å². The smallest absolute Gasteiger partial charge is 0.338 e. The summed E-state index contributed by atoms with van der Waals surface area (Å²) in [6.45, 7) is 1.42. The molecule has 0 aliphatic rings. The van der Waals surface area contributed by atoms with Gasteiger partial charge < -0.3 is 9.22 Å². The van der Waals surface area contributed by atoms with Gasteiger partial charge in [-0.1, -0.05) is 30.0 Å². The van der Waals surface area contributed by atoms with Crippen LogP contribution in [-0.4, -0.2) is 44.7 Å². The summed E-state index contributed by atoms with van der Waals surface area (Å²) in [6.07, 6.45) is 0.857. The number of rotatable bonds is 5. The van der Waals surface area contributed by atoms with Crippen LogP contribution in [0.2, 0.25) is 0 Å². The molecular weight excluding hydrogens is 298 g/mol. The Morgan fingerprint density at radius 3 is 2.08 bits per heavy atom. The Kier molecular flexibility index (Phi) is 6.17. The molecule has 0 fully saturated rings. The number of benzene rings is 2. The summed E-state index contributed by atoms with van der Waals surface area (Å²) >= 11 is 0. The third-order valence-electron chi connectivity index (χ3n) is 3.45. The van der Waals surface area contributed by atoms with Gasteiger partial charge in [-0.25, -0.2) is 4.79 Å². The van der Waals surface area contributed by atoms with Gasteiger partial charge in [0.1, 0.15) is 0 Å². The minimum atomic E-state index is -0.279. The van der Waals surface area contributed by atoms with Crippen LogP contribution in [0.1, 0.15) is 27.9 Å². The fourth-order valence-electron chi connectivity index (χ4n) is 2.14. The summed E-state index contributed by atoms with van der Waals surface area (Å²) in [5, 5.41) is 0. The number of ether oxygens (including phenoxy) is 1. The number of esters is 1. The maximum atomic E-state index is 12.0. The Morgan fingerprint density at radius 1 is 0.917 bits per heavy atom. The second-order valence-corrected chi connectivity index (χ2v) is 6.70. The number of quaternary nitrogens is 1. The summed E-state index contributed by atoms with van der Waals surface area (Å²) in [5.74, 6) is 5.91. The predicted molar refractivity (Wildman–Crippen MR) is 96.7 cm³/mol. The van der Waals surface area contributed by atoms with E-state index in [0.717, 1.165) is 28.6 Å². The molecule has 124 valence electrons.